The van der Waals surface area contributed by atoms with Crippen molar-refractivity contribution < 1.29 is 19.0 Å². The number of aliphatic hydroxyl groups is 2. The molecule has 2 aliphatic rings. The van der Waals surface area contributed by atoms with Crippen molar-refractivity contribution in [2.75, 3.05) is 0 Å². The molecule has 3 rings (SSSR count). The molecule has 4 heteroatoms. The van der Waals surface area contributed by atoms with Crippen LogP contribution in [0.4, 0.5) is 8.78 Å². The molecule has 2 aliphatic carbocycles. The number of aryl methyl sites for hydroxylation is 1. The van der Waals surface area contributed by atoms with Gasteiger partial charge in [-0.05, 0) is 80.2 Å². The average Bonchev–Trinajstić information content (AvgIpc) is 2.77. The molecule has 2 nitrogen and oxygen atoms in total. The first-order chi connectivity index (χ1) is 14.4. The number of unbranched alkanes of at least 4 members (excludes halogenated alkanes) is 2. The van der Waals surface area contributed by atoms with Gasteiger partial charge in [-0.25, -0.2) is 8.78 Å². The van der Waals surface area contributed by atoms with Crippen molar-refractivity contribution in [3.63, 3.8) is 0 Å². The van der Waals surface area contributed by atoms with Gasteiger partial charge in [0.15, 0.2) is 11.6 Å². The van der Waals surface area contributed by atoms with Crippen LogP contribution >= 0.6 is 0 Å². The van der Waals surface area contributed by atoms with Crippen LogP contribution < -0.4 is 0 Å². The molecule has 2 fully saturated rings. The van der Waals surface area contributed by atoms with E-state index in [1.165, 1.54) is 38.5 Å². The molecule has 0 amide bonds. The summed E-state index contributed by atoms with van der Waals surface area (Å²) in [5, 5.41) is 21.7. The number of hydrogen-bond acceptors (Lipinski definition) is 2. The maximum Gasteiger partial charge on any atom is 0.162 e. The minimum absolute atomic E-state index is 0.000692. The van der Waals surface area contributed by atoms with Crippen LogP contribution in [0.25, 0.3) is 0 Å². The minimum atomic E-state index is -0.740. The Balaban J connectivity index is 1.47. The first kappa shape index (κ1) is 23.7. The van der Waals surface area contributed by atoms with Crippen LogP contribution in [-0.4, -0.2) is 22.4 Å². The Morgan fingerprint density at radius 2 is 1.40 bits per heavy atom. The van der Waals surface area contributed by atoms with Gasteiger partial charge in [0.05, 0.1) is 12.2 Å². The maximum absolute atomic E-state index is 14.3. The predicted molar refractivity (Wildman–Crippen MR) is 117 cm³/mol. The Bertz CT molecular complexity index is 661. The van der Waals surface area contributed by atoms with Gasteiger partial charge in [-0.1, -0.05) is 57.6 Å². The van der Waals surface area contributed by atoms with E-state index in [1.54, 1.807) is 19.1 Å². The molecule has 0 aliphatic heterocycles. The molecule has 0 spiro atoms. The summed E-state index contributed by atoms with van der Waals surface area (Å²) in [7, 11) is 0. The summed E-state index contributed by atoms with van der Waals surface area (Å²) in [5.41, 5.74) is 0.802. The molecular weight excluding hydrogens is 382 g/mol. The van der Waals surface area contributed by atoms with Gasteiger partial charge in [-0.3, -0.25) is 0 Å². The Labute approximate surface area is 181 Å². The van der Waals surface area contributed by atoms with Gasteiger partial charge in [-0.2, -0.15) is 0 Å². The molecule has 0 heterocycles. The summed E-state index contributed by atoms with van der Waals surface area (Å²) in [6.07, 6.45) is 11.2. The van der Waals surface area contributed by atoms with Crippen LogP contribution in [0.2, 0.25) is 0 Å². The Kier molecular flexibility index (Phi) is 8.71. The molecule has 2 unspecified atom stereocenters. The zero-order chi connectivity index (χ0) is 21.7. The zero-order valence-electron chi connectivity index (χ0n) is 18.8. The summed E-state index contributed by atoms with van der Waals surface area (Å²) in [6, 6.07) is 3.36. The van der Waals surface area contributed by atoms with Crippen molar-refractivity contribution >= 4 is 0 Å². The fourth-order valence-electron chi connectivity index (χ4n) is 5.81. The number of benzene rings is 1. The summed E-state index contributed by atoms with van der Waals surface area (Å²) >= 11 is 0. The van der Waals surface area contributed by atoms with E-state index in [2.05, 4.69) is 6.92 Å². The third-order valence-electron chi connectivity index (χ3n) is 7.94. The Morgan fingerprint density at radius 1 is 0.833 bits per heavy atom. The second-order valence-corrected chi connectivity index (χ2v) is 9.97. The van der Waals surface area contributed by atoms with Gasteiger partial charge < -0.3 is 10.2 Å². The minimum Gasteiger partial charge on any atom is -0.390 e. The lowest BCUT2D eigenvalue weighted by atomic mass is 9.71. The number of rotatable bonds is 8. The van der Waals surface area contributed by atoms with Gasteiger partial charge in [0.25, 0.3) is 0 Å². The first-order valence-electron chi connectivity index (χ1n) is 12.2. The maximum atomic E-state index is 14.3. The second kappa shape index (κ2) is 11.0. The molecule has 170 valence electrons. The van der Waals surface area contributed by atoms with Crippen LogP contribution in [0.1, 0.15) is 101 Å². The van der Waals surface area contributed by atoms with Crippen molar-refractivity contribution in [2.24, 2.45) is 17.8 Å². The molecule has 1 aromatic carbocycles. The van der Waals surface area contributed by atoms with E-state index in [-0.39, 0.29) is 17.8 Å². The van der Waals surface area contributed by atoms with Crippen molar-refractivity contribution in [1.82, 2.24) is 0 Å². The molecule has 2 saturated carbocycles. The summed E-state index contributed by atoms with van der Waals surface area (Å²) in [6.45, 7) is 3.81. The largest absolute Gasteiger partial charge is 0.390 e. The third-order valence-corrected chi connectivity index (χ3v) is 7.94. The summed E-state index contributed by atoms with van der Waals surface area (Å²) in [5.74, 6) is -0.414. The third kappa shape index (κ3) is 5.62. The molecule has 2 N–H and O–H groups in total. The van der Waals surface area contributed by atoms with Gasteiger partial charge in [0, 0.05) is 0 Å². The Hall–Kier alpha value is -1.00. The predicted octanol–water partition coefficient (Wildman–Crippen LogP) is 6.66. The number of halogens is 2. The smallest absolute Gasteiger partial charge is 0.162 e. The average molecular weight is 423 g/mol. The van der Waals surface area contributed by atoms with E-state index >= 15 is 0 Å². The molecule has 0 bridgehead atoms. The highest BCUT2D eigenvalue weighted by Gasteiger charge is 2.36. The fourth-order valence-corrected chi connectivity index (χ4v) is 5.81. The number of hydrogen-bond donors (Lipinski definition) is 2. The lowest BCUT2D eigenvalue weighted by Crippen LogP contribution is -2.41. The van der Waals surface area contributed by atoms with Crippen molar-refractivity contribution in [1.29, 1.82) is 0 Å². The van der Waals surface area contributed by atoms with Gasteiger partial charge in [0.2, 0.25) is 0 Å². The fraction of sp³-hybridized carbons (Fsp3) is 0.769. The lowest BCUT2D eigenvalue weighted by molar-refractivity contribution is -0.0662. The van der Waals surface area contributed by atoms with Crippen LogP contribution in [0.5, 0.6) is 0 Å². The van der Waals surface area contributed by atoms with E-state index in [9.17, 15) is 19.0 Å². The van der Waals surface area contributed by atoms with E-state index in [0.29, 0.717) is 11.1 Å². The van der Waals surface area contributed by atoms with Crippen molar-refractivity contribution in [3.8, 4) is 0 Å². The van der Waals surface area contributed by atoms with E-state index in [0.717, 1.165) is 44.4 Å². The molecule has 0 radical (unpaired) electrons. The highest BCUT2D eigenvalue weighted by atomic mass is 19.2. The van der Waals surface area contributed by atoms with Gasteiger partial charge in [-0.15, -0.1) is 0 Å². The normalized spacial score (nSPS) is 29.5. The van der Waals surface area contributed by atoms with Crippen LogP contribution in [-0.2, 0) is 0 Å². The number of aliphatic hydroxyl groups excluding tert-OH is 2. The second-order valence-electron chi connectivity index (χ2n) is 9.97. The SMILES string of the molecule is CCCCCC1CCC(C(O)C(O)C2CCC(c3ccc(C)c(F)c3F)CC2)CC1. The summed E-state index contributed by atoms with van der Waals surface area (Å²) in [4.78, 5) is 0. The van der Waals surface area contributed by atoms with E-state index in [1.807, 2.05) is 0 Å². The molecule has 0 aromatic heterocycles. The Morgan fingerprint density at radius 3 is 1.97 bits per heavy atom. The topological polar surface area (TPSA) is 40.5 Å². The molecular formula is C26H40F2O2. The quantitative estimate of drug-likeness (QED) is 0.460. The van der Waals surface area contributed by atoms with E-state index < -0.39 is 23.8 Å². The first-order valence-corrected chi connectivity index (χ1v) is 12.2. The highest BCUT2D eigenvalue weighted by molar-refractivity contribution is 5.28. The standard InChI is InChI=1S/C26H40F2O2/c1-3-4-5-6-18-8-10-20(11-9-18)25(29)26(30)21-14-12-19(13-15-21)22-16-7-17(2)23(27)24(22)28/h7,16,18-21,25-26,29-30H,3-6,8-15H2,1-2H3. The van der Waals surface area contributed by atoms with Crippen LogP contribution in [0.3, 0.4) is 0 Å². The van der Waals surface area contributed by atoms with Crippen LogP contribution in [0, 0.1) is 36.3 Å². The van der Waals surface area contributed by atoms with Crippen LogP contribution in [0.15, 0.2) is 12.1 Å². The molecule has 30 heavy (non-hydrogen) atoms. The van der Waals surface area contributed by atoms with Gasteiger partial charge >= 0.3 is 0 Å². The lowest BCUT2D eigenvalue weighted by Gasteiger charge is -2.38. The van der Waals surface area contributed by atoms with Gasteiger partial charge in [0.1, 0.15) is 0 Å². The zero-order valence-corrected chi connectivity index (χ0v) is 18.8. The summed E-state index contributed by atoms with van der Waals surface area (Å²) < 4.78 is 28.3. The van der Waals surface area contributed by atoms with Crippen molar-refractivity contribution in [2.45, 2.75) is 109 Å². The molecule has 2 atom stereocenters. The molecule has 0 saturated heterocycles. The van der Waals surface area contributed by atoms with Crippen molar-refractivity contribution in [3.05, 3.63) is 34.9 Å². The monoisotopic (exact) mass is 422 g/mol. The molecule has 1 aromatic rings. The highest BCUT2D eigenvalue weighted by Crippen LogP contribution is 2.41. The van der Waals surface area contributed by atoms with E-state index in [4.69, 9.17) is 0 Å².